The number of aliphatic hydroxyl groups excluding tert-OH is 1. The van der Waals surface area contributed by atoms with Gasteiger partial charge >= 0.3 is 0 Å². The first-order chi connectivity index (χ1) is 10.0. The van der Waals surface area contributed by atoms with Crippen molar-refractivity contribution in [3.63, 3.8) is 0 Å². The minimum atomic E-state index is -0.569. The Kier molecular flexibility index (Phi) is 3.73. The second-order valence-electron chi connectivity index (χ2n) is 4.89. The quantitative estimate of drug-likeness (QED) is 0.881. The molecule has 1 aliphatic rings. The lowest BCUT2D eigenvalue weighted by molar-refractivity contribution is -0.130. The van der Waals surface area contributed by atoms with E-state index >= 15 is 0 Å². The van der Waals surface area contributed by atoms with Gasteiger partial charge in [-0.2, -0.15) is 4.98 Å². The minimum Gasteiger partial charge on any atom is -0.391 e. The maximum Gasteiger partial charge on any atom is 0.249 e. The molecule has 0 spiro atoms. The van der Waals surface area contributed by atoms with Crippen molar-refractivity contribution in [1.82, 2.24) is 20.0 Å². The molecule has 1 N–H and O–H groups in total. The zero-order chi connectivity index (χ0) is 15.0. The number of aliphatic hydroxyl groups is 1. The first-order valence-electron chi connectivity index (χ1n) is 6.45. The lowest BCUT2D eigenvalue weighted by Crippen LogP contribution is -2.29. The number of hydrogen-bond acceptors (Lipinski definition) is 6. The third kappa shape index (κ3) is 2.81. The minimum absolute atomic E-state index is 0.127. The van der Waals surface area contributed by atoms with Gasteiger partial charge in [-0.05, 0) is 28.1 Å². The highest BCUT2D eigenvalue weighted by Gasteiger charge is 2.37. The van der Waals surface area contributed by atoms with Crippen LogP contribution in [0.4, 0.5) is 0 Å². The van der Waals surface area contributed by atoms with Crippen LogP contribution in [0.2, 0.25) is 0 Å². The average molecular weight is 353 g/mol. The van der Waals surface area contributed by atoms with Crippen molar-refractivity contribution < 1.29 is 14.4 Å². The molecule has 0 radical (unpaired) electrons. The number of nitrogens with zero attached hydrogens (tertiary/aromatic N) is 4. The van der Waals surface area contributed by atoms with Crippen LogP contribution < -0.4 is 0 Å². The SMILES string of the molecule is CC(=O)N1C[C@@H](O)C[C@@H]1c1nc(-c2ccc(Br)cn2)no1. The van der Waals surface area contributed by atoms with Crippen LogP contribution in [0.3, 0.4) is 0 Å². The van der Waals surface area contributed by atoms with Gasteiger partial charge in [0.1, 0.15) is 11.7 Å². The molecule has 110 valence electrons. The molecule has 2 aromatic rings. The molecule has 0 aliphatic carbocycles. The Morgan fingerprint density at radius 2 is 2.33 bits per heavy atom. The normalized spacial score (nSPS) is 21.8. The topological polar surface area (TPSA) is 92.4 Å². The number of aromatic nitrogens is 3. The molecule has 0 bridgehead atoms. The van der Waals surface area contributed by atoms with Crippen LogP contribution in [-0.4, -0.2) is 43.7 Å². The zero-order valence-electron chi connectivity index (χ0n) is 11.2. The van der Waals surface area contributed by atoms with Crippen molar-refractivity contribution in [3.8, 4) is 11.5 Å². The summed E-state index contributed by atoms with van der Waals surface area (Å²) in [5.41, 5.74) is 0.584. The van der Waals surface area contributed by atoms with Crippen molar-refractivity contribution in [2.75, 3.05) is 6.54 Å². The van der Waals surface area contributed by atoms with Crippen LogP contribution >= 0.6 is 15.9 Å². The summed E-state index contributed by atoms with van der Waals surface area (Å²) >= 11 is 3.31. The molecule has 3 heterocycles. The molecule has 0 unspecified atom stereocenters. The molecule has 7 nitrogen and oxygen atoms in total. The summed E-state index contributed by atoms with van der Waals surface area (Å²) in [6.45, 7) is 1.74. The third-order valence-corrected chi connectivity index (χ3v) is 3.84. The predicted octanol–water partition coefficient (Wildman–Crippen LogP) is 1.55. The molecular weight excluding hydrogens is 340 g/mol. The van der Waals surface area contributed by atoms with E-state index in [2.05, 4.69) is 31.1 Å². The molecule has 1 amide bonds. The molecular formula is C13H13BrN4O3. The first-order valence-corrected chi connectivity index (χ1v) is 7.24. The number of carbonyl (C=O) groups excluding carboxylic acids is 1. The Bertz CT molecular complexity index is 658. The third-order valence-electron chi connectivity index (χ3n) is 3.37. The van der Waals surface area contributed by atoms with Crippen molar-refractivity contribution in [2.24, 2.45) is 0 Å². The van der Waals surface area contributed by atoms with Crippen molar-refractivity contribution in [3.05, 3.63) is 28.7 Å². The highest BCUT2D eigenvalue weighted by atomic mass is 79.9. The Labute approximate surface area is 129 Å². The molecule has 1 fully saturated rings. The van der Waals surface area contributed by atoms with Crippen LogP contribution in [-0.2, 0) is 4.79 Å². The van der Waals surface area contributed by atoms with Crippen LogP contribution in [0.15, 0.2) is 27.3 Å². The number of likely N-dealkylation sites (tertiary alicyclic amines) is 1. The molecule has 1 aliphatic heterocycles. The fourth-order valence-electron chi connectivity index (χ4n) is 2.38. The molecule has 2 atom stereocenters. The number of β-amino-alcohol motifs (C(OH)–C–C–N with tert-alkyl or cyclic N) is 1. The van der Waals surface area contributed by atoms with Gasteiger partial charge in [0.2, 0.25) is 17.6 Å². The van der Waals surface area contributed by atoms with E-state index in [1.807, 2.05) is 6.07 Å². The largest absolute Gasteiger partial charge is 0.391 e. The number of amides is 1. The van der Waals surface area contributed by atoms with Gasteiger partial charge in [-0.25, -0.2) is 0 Å². The molecule has 3 rings (SSSR count). The second kappa shape index (κ2) is 5.53. The Morgan fingerprint density at radius 1 is 1.52 bits per heavy atom. The highest BCUT2D eigenvalue weighted by molar-refractivity contribution is 9.10. The zero-order valence-corrected chi connectivity index (χ0v) is 12.8. The summed E-state index contributed by atoms with van der Waals surface area (Å²) in [6, 6.07) is 3.22. The summed E-state index contributed by atoms with van der Waals surface area (Å²) in [5.74, 6) is 0.557. The number of halogens is 1. The smallest absolute Gasteiger partial charge is 0.249 e. The van der Waals surface area contributed by atoms with E-state index in [1.165, 1.54) is 11.8 Å². The van der Waals surface area contributed by atoms with Gasteiger partial charge in [-0.1, -0.05) is 5.16 Å². The maximum atomic E-state index is 11.6. The fraction of sp³-hybridized carbons (Fsp3) is 0.385. The van der Waals surface area contributed by atoms with E-state index in [0.717, 1.165) is 4.47 Å². The van der Waals surface area contributed by atoms with Crippen molar-refractivity contribution in [1.29, 1.82) is 0 Å². The van der Waals surface area contributed by atoms with Gasteiger partial charge in [0, 0.05) is 30.6 Å². The maximum absolute atomic E-state index is 11.6. The first kappa shape index (κ1) is 14.2. The van der Waals surface area contributed by atoms with E-state index in [1.54, 1.807) is 12.3 Å². The van der Waals surface area contributed by atoms with E-state index in [-0.39, 0.29) is 18.5 Å². The standard InChI is InChI=1S/C13H13BrN4O3/c1-7(19)18-6-9(20)4-11(18)13-16-12(17-21-13)10-3-2-8(14)5-15-10/h2-3,5,9,11,20H,4,6H2,1H3/t9-,11+/m0/s1. The number of rotatable bonds is 2. The van der Waals surface area contributed by atoms with Crippen LogP contribution in [0.5, 0.6) is 0 Å². The van der Waals surface area contributed by atoms with E-state index in [0.29, 0.717) is 23.8 Å². The molecule has 1 saturated heterocycles. The van der Waals surface area contributed by atoms with E-state index < -0.39 is 6.10 Å². The van der Waals surface area contributed by atoms with Gasteiger partial charge in [-0.3, -0.25) is 9.78 Å². The van der Waals surface area contributed by atoms with Gasteiger partial charge in [0.15, 0.2) is 0 Å². The highest BCUT2D eigenvalue weighted by Crippen LogP contribution is 2.32. The lowest BCUT2D eigenvalue weighted by atomic mass is 10.2. The van der Waals surface area contributed by atoms with E-state index in [4.69, 9.17) is 4.52 Å². The molecule has 8 heteroatoms. The van der Waals surface area contributed by atoms with Crippen LogP contribution in [0.1, 0.15) is 25.3 Å². The monoisotopic (exact) mass is 352 g/mol. The van der Waals surface area contributed by atoms with Crippen molar-refractivity contribution in [2.45, 2.75) is 25.5 Å². The number of carbonyl (C=O) groups is 1. The predicted molar refractivity (Wildman–Crippen MR) is 76.0 cm³/mol. The summed E-state index contributed by atoms with van der Waals surface area (Å²) in [6.07, 6.45) is 1.47. The van der Waals surface area contributed by atoms with Gasteiger partial charge in [-0.15, -0.1) is 0 Å². The summed E-state index contributed by atoms with van der Waals surface area (Å²) in [4.78, 5) is 21.6. The Hall–Kier alpha value is -1.80. The Morgan fingerprint density at radius 3 is 3.00 bits per heavy atom. The summed E-state index contributed by atoms with van der Waals surface area (Å²) < 4.78 is 6.10. The van der Waals surface area contributed by atoms with Gasteiger partial charge < -0.3 is 14.5 Å². The molecule has 0 saturated carbocycles. The number of hydrogen-bond donors (Lipinski definition) is 1. The molecule has 21 heavy (non-hydrogen) atoms. The van der Waals surface area contributed by atoms with Gasteiger partial charge in [0.25, 0.3) is 0 Å². The summed E-state index contributed by atoms with van der Waals surface area (Å²) in [7, 11) is 0. The fourth-order valence-corrected chi connectivity index (χ4v) is 2.61. The van der Waals surface area contributed by atoms with Gasteiger partial charge in [0.05, 0.1) is 6.10 Å². The second-order valence-corrected chi connectivity index (χ2v) is 5.81. The lowest BCUT2D eigenvalue weighted by Gasteiger charge is -2.19. The Balaban J connectivity index is 1.87. The molecule has 2 aromatic heterocycles. The van der Waals surface area contributed by atoms with Crippen molar-refractivity contribution >= 4 is 21.8 Å². The van der Waals surface area contributed by atoms with Crippen LogP contribution in [0, 0.1) is 0 Å². The molecule has 0 aromatic carbocycles. The van der Waals surface area contributed by atoms with Crippen LogP contribution in [0.25, 0.3) is 11.5 Å². The van der Waals surface area contributed by atoms with E-state index in [9.17, 15) is 9.90 Å². The summed E-state index contributed by atoms with van der Waals surface area (Å²) in [5, 5.41) is 13.6. The number of pyridine rings is 1. The average Bonchev–Trinajstić information content (AvgIpc) is 3.06.